The van der Waals surface area contributed by atoms with E-state index < -0.39 is 0 Å². The van der Waals surface area contributed by atoms with Gasteiger partial charge in [0.05, 0.1) is 0 Å². The summed E-state index contributed by atoms with van der Waals surface area (Å²) in [6.07, 6.45) is 20.4. The van der Waals surface area contributed by atoms with Gasteiger partial charge in [-0.2, -0.15) is 0 Å². The van der Waals surface area contributed by atoms with Crippen LogP contribution < -0.4 is 0 Å². The van der Waals surface area contributed by atoms with E-state index in [9.17, 15) is 0 Å². The van der Waals surface area contributed by atoms with E-state index in [4.69, 9.17) is 0 Å². The van der Waals surface area contributed by atoms with Crippen LogP contribution in [0.2, 0.25) is 0 Å². The lowest BCUT2D eigenvalue weighted by Crippen LogP contribution is -1.81. The van der Waals surface area contributed by atoms with Gasteiger partial charge in [0.1, 0.15) is 0 Å². The molecule has 0 amide bonds. The zero-order valence-corrected chi connectivity index (χ0v) is 15.8. The van der Waals surface area contributed by atoms with Gasteiger partial charge in [-0.1, -0.05) is 93.7 Å². The second-order valence-electron chi connectivity index (χ2n) is 5.79. The Balaban J connectivity index is 3.05. The molecular formula is C19H35I. The molecule has 0 aliphatic rings. The standard InChI is InChI=1S/C19H35I/c1-2-3-4-5-6-7-8-9-10-11-12-13-14-15-16-17-18-19-20/h2-7,10-19H2,1H3. The van der Waals surface area contributed by atoms with Crippen molar-refractivity contribution >= 4 is 22.6 Å². The van der Waals surface area contributed by atoms with E-state index in [1.165, 1.54) is 87.9 Å². The number of rotatable bonds is 14. The minimum atomic E-state index is 1.13. The van der Waals surface area contributed by atoms with E-state index in [-0.39, 0.29) is 0 Å². The van der Waals surface area contributed by atoms with Crippen LogP contribution in [0.25, 0.3) is 0 Å². The van der Waals surface area contributed by atoms with Crippen molar-refractivity contribution in [2.24, 2.45) is 0 Å². The first kappa shape index (κ1) is 20.3. The van der Waals surface area contributed by atoms with Gasteiger partial charge in [0.2, 0.25) is 0 Å². The average molecular weight is 390 g/mol. The first-order chi connectivity index (χ1) is 9.91. The fraction of sp³-hybridized carbons (Fsp3) is 0.895. The van der Waals surface area contributed by atoms with Gasteiger partial charge in [-0.15, -0.1) is 11.8 Å². The number of hydrogen-bond acceptors (Lipinski definition) is 0. The highest BCUT2D eigenvalue weighted by Crippen LogP contribution is 2.10. The third-order valence-electron chi connectivity index (χ3n) is 3.72. The quantitative estimate of drug-likeness (QED) is 0.126. The first-order valence-corrected chi connectivity index (χ1v) is 10.5. The molecule has 118 valence electrons. The van der Waals surface area contributed by atoms with Crippen LogP contribution >= 0.6 is 22.6 Å². The van der Waals surface area contributed by atoms with Crippen LogP contribution in [0.3, 0.4) is 0 Å². The molecule has 0 spiro atoms. The molecule has 1 heteroatoms. The molecule has 20 heavy (non-hydrogen) atoms. The van der Waals surface area contributed by atoms with Crippen LogP contribution in [0.1, 0.15) is 103 Å². The Hall–Kier alpha value is 0.290. The molecule has 0 bridgehead atoms. The zero-order valence-electron chi connectivity index (χ0n) is 13.7. The summed E-state index contributed by atoms with van der Waals surface area (Å²) < 4.78 is 1.33. The van der Waals surface area contributed by atoms with Crippen molar-refractivity contribution in [1.29, 1.82) is 0 Å². The summed E-state index contributed by atoms with van der Waals surface area (Å²) >= 11 is 2.48. The van der Waals surface area contributed by atoms with Crippen molar-refractivity contribution in [1.82, 2.24) is 0 Å². The molecule has 0 heterocycles. The molecule has 0 rings (SSSR count). The largest absolute Gasteiger partial charge is 0.103 e. The molecule has 0 aromatic heterocycles. The van der Waals surface area contributed by atoms with Crippen molar-refractivity contribution in [3.63, 3.8) is 0 Å². The minimum absolute atomic E-state index is 1.13. The van der Waals surface area contributed by atoms with E-state index in [1.54, 1.807) is 0 Å². The topological polar surface area (TPSA) is 0 Å². The number of hydrogen-bond donors (Lipinski definition) is 0. The fourth-order valence-corrected chi connectivity index (χ4v) is 2.90. The van der Waals surface area contributed by atoms with Crippen molar-refractivity contribution in [2.45, 2.75) is 103 Å². The summed E-state index contributed by atoms with van der Waals surface area (Å²) in [7, 11) is 0. The van der Waals surface area contributed by atoms with Crippen LogP contribution in [0.15, 0.2) is 0 Å². The third-order valence-corrected chi connectivity index (χ3v) is 4.48. The molecule has 0 unspecified atom stereocenters. The molecule has 0 aromatic rings. The summed E-state index contributed by atoms with van der Waals surface area (Å²) in [6.45, 7) is 2.27. The Kier molecular flexibility index (Phi) is 19.6. The second kappa shape index (κ2) is 19.3. The molecule has 0 aromatic carbocycles. The SMILES string of the molecule is CCCCCCCC#CCCCCCCCCCCI. The van der Waals surface area contributed by atoms with Gasteiger partial charge < -0.3 is 0 Å². The predicted molar refractivity (Wildman–Crippen MR) is 102 cm³/mol. The molecule has 0 saturated heterocycles. The molecule has 0 fully saturated rings. The van der Waals surface area contributed by atoms with Gasteiger partial charge in [-0.25, -0.2) is 0 Å². The van der Waals surface area contributed by atoms with E-state index in [0.717, 1.165) is 12.8 Å². The predicted octanol–water partition coefficient (Wildman–Crippen LogP) is 7.30. The number of halogens is 1. The lowest BCUT2D eigenvalue weighted by molar-refractivity contribution is 0.581. The Morgan fingerprint density at radius 2 is 0.950 bits per heavy atom. The lowest BCUT2D eigenvalue weighted by atomic mass is 10.1. The maximum absolute atomic E-state index is 3.34. The zero-order chi connectivity index (χ0) is 14.7. The van der Waals surface area contributed by atoms with Crippen LogP contribution in [0.5, 0.6) is 0 Å². The summed E-state index contributed by atoms with van der Waals surface area (Å²) in [6, 6.07) is 0. The Morgan fingerprint density at radius 3 is 1.40 bits per heavy atom. The lowest BCUT2D eigenvalue weighted by Gasteiger charge is -1.99. The van der Waals surface area contributed by atoms with Crippen molar-refractivity contribution < 1.29 is 0 Å². The van der Waals surface area contributed by atoms with Crippen LogP contribution in [-0.2, 0) is 0 Å². The van der Waals surface area contributed by atoms with Crippen molar-refractivity contribution in [2.75, 3.05) is 4.43 Å². The smallest absolute Gasteiger partial charge is 0.00886 e. The van der Waals surface area contributed by atoms with Gasteiger partial charge in [0, 0.05) is 12.8 Å². The van der Waals surface area contributed by atoms with E-state index in [1.807, 2.05) is 0 Å². The van der Waals surface area contributed by atoms with Crippen molar-refractivity contribution in [3.05, 3.63) is 0 Å². The van der Waals surface area contributed by atoms with E-state index in [0.29, 0.717) is 0 Å². The monoisotopic (exact) mass is 390 g/mol. The van der Waals surface area contributed by atoms with Crippen LogP contribution in [0.4, 0.5) is 0 Å². The van der Waals surface area contributed by atoms with Gasteiger partial charge in [-0.3, -0.25) is 0 Å². The molecule has 0 nitrogen and oxygen atoms in total. The summed E-state index contributed by atoms with van der Waals surface area (Å²) in [5.41, 5.74) is 0. The number of unbranched alkanes of at least 4 members (excludes halogenated alkanes) is 13. The molecule has 0 radical (unpaired) electrons. The average Bonchev–Trinajstić information content (AvgIpc) is 2.47. The maximum atomic E-state index is 3.34. The number of alkyl halides is 1. The summed E-state index contributed by atoms with van der Waals surface area (Å²) in [4.78, 5) is 0. The maximum Gasteiger partial charge on any atom is 0.00886 e. The van der Waals surface area contributed by atoms with Gasteiger partial charge in [-0.05, 0) is 23.7 Å². The van der Waals surface area contributed by atoms with Crippen LogP contribution in [-0.4, -0.2) is 4.43 Å². The Labute approximate surface area is 142 Å². The third kappa shape index (κ3) is 18.3. The summed E-state index contributed by atoms with van der Waals surface area (Å²) in [5.74, 6) is 6.68. The Bertz CT molecular complexity index is 224. The van der Waals surface area contributed by atoms with Crippen LogP contribution in [0, 0.1) is 11.8 Å². The van der Waals surface area contributed by atoms with E-state index in [2.05, 4.69) is 41.4 Å². The molecule has 0 saturated carbocycles. The summed E-state index contributed by atoms with van der Waals surface area (Å²) in [5, 5.41) is 0. The van der Waals surface area contributed by atoms with Gasteiger partial charge >= 0.3 is 0 Å². The highest BCUT2D eigenvalue weighted by molar-refractivity contribution is 14.1. The molecular weight excluding hydrogens is 355 g/mol. The first-order valence-electron chi connectivity index (χ1n) is 8.93. The molecule has 0 aliphatic heterocycles. The highest BCUT2D eigenvalue weighted by Gasteiger charge is 1.91. The Morgan fingerprint density at radius 1 is 0.550 bits per heavy atom. The van der Waals surface area contributed by atoms with Gasteiger partial charge in [0.15, 0.2) is 0 Å². The second-order valence-corrected chi connectivity index (χ2v) is 6.86. The minimum Gasteiger partial charge on any atom is -0.103 e. The van der Waals surface area contributed by atoms with Crippen molar-refractivity contribution in [3.8, 4) is 11.8 Å². The van der Waals surface area contributed by atoms with E-state index >= 15 is 0 Å². The molecule has 0 aliphatic carbocycles. The molecule has 0 atom stereocenters. The fourth-order valence-electron chi connectivity index (χ4n) is 2.36. The normalized spacial score (nSPS) is 10.3. The van der Waals surface area contributed by atoms with Gasteiger partial charge in [0.25, 0.3) is 0 Å². The highest BCUT2D eigenvalue weighted by atomic mass is 127. The molecule has 0 N–H and O–H groups in total.